The zero-order valence-electron chi connectivity index (χ0n) is 17.6. The van der Waals surface area contributed by atoms with Crippen LogP contribution in [-0.4, -0.2) is 59.4 Å². The lowest BCUT2D eigenvalue weighted by molar-refractivity contribution is -0.167. The summed E-state index contributed by atoms with van der Waals surface area (Å²) in [7, 11) is 0. The maximum Gasteiger partial charge on any atom is 0.334 e. The van der Waals surface area contributed by atoms with Crippen molar-refractivity contribution >= 4 is 23.6 Å². The second-order valence-electron chi connectivity index (χ2n) is 8.19. The van der Waals surface area contributed by atoms with E-state index in [-0.39, 0.29) is 36.5 Å². The van der Waals surface area contributed by atoms with Gasteiger partial charge in [0.2, 0.25) is 0 Å². The van der Waals surface area contributed by atoms with E-state index in [0.717, 1.165) is 4.90 Å². The van der Waals surface area contributed by atoms with Gasteiger partial charge in [0.25, 0.3) is 11.8 Å². The lowest BCUT2D eigenvalue weighted by atomic mass is 9.89. The predicted octanol–water partition coefficient (Wildman–Crippen LogP) is 1.82. The number of esters is 1. The third-order valence-electron chi connectivity index (χ3n) is 4.79. The van der Waals surface area contributed by atoms with Gasteiger partial charge in [-0.2, -0.15) is 0 Å². The van der Waals surface area contributed by atoms with E-state index in [1.54, 1.807) is 45.0 Å². The molecule has 1 heterocycles. The molecule has 1 aromatic carbocycles. The number of aliphatic imine (C=N–C) groups is 1. The molecule has 0 saturated heterocycles. The van der Waals surface area contributed by atoms with Gasteiger partial charge < -0.3 is 16.2 Å². The number of unbranched alkanes of at least 4 members (excludes halogenated alkanes) is 1. The molecule has 1 aromatic rings. The third kappa shape index (κ3) is 4.84. The van der Waals surface area contributed by atoms with Gasteiger partial charge in [-0.3, -0.25) is 19.5 Å². The number of carbonyl (C=O) groups excluding carboxylic acids is 3. The summed E-state index contributed by atoms with van der Waals surface area (Å²) in [5, 5.41) is 0. The first-order valence-corrected chi connectivity index (χ1v) is 9.83. The van der Waals surface area contributed by atoms with Crippen LogP contribution in [-0.2, 0) is 9.53 Å². The number of ether oxygens (including phenoxy) is 1. The average Bonchev–Trinajstić information content (AvgIpc) is 2.95. The quantitative estimate of drug-likeness (QED) is 0.206. The summed E-state index contributed by atoms with van der Waals surface area (Å²) >= 11 is 0. The van der Waals surface area contributed by atoms with Crippen LogP contribution < -0.4 is 11.5 Å². The number of hydrogen-bond donors (Lipinski definition) is 2. The van der Waals surface area contributed by atoms with Crippen molar-refractivity contribution in [2.75, 3.05) is 19.8 Å². The van der Waals surface area contributed by atoms with Gasteiger partial charge in [0, 0.05) is 13.1 Å². The molecule has 1 aliphatic rings. The largest absolute Gasteiger partial charge is 0.458 e. The Balaban J connectivity index is 2.35. The number of alkyl halides is 1. The number of nitrogens with two attached hydrogens (primary N) is 2. The number of amidine groups is 1. The SMILES string of the molecule is CC(C)(C)OC(=O)C(CN)(CCCCN=C(N)CF)N1C(=O)c2ccccc2C1=O. The number of benzene rings is 1. The molecular weight excluding hydrogens is 391 g/mol. The van der Waals surface area contributed by atoms with Gasteiger partial charge in [0.05, 0.1) is 11.1 Å². The van der Waals surface area contributed by atoms with Crippen molar-refractivity contribution in [2.24, 2.45) is 16.5 Å². The molecule has 2 rings (SSSR count). The zero-order valence-corrected chi connectivity index (χ0v) is 17.6. The van der Waals surface area contributed by atoms with Crippen LogP contribution in [0.4, 0.5) is 4.39 Å². The molecule has 9 heteroatoms. The van der Waals surface area contributed by atoms with Gasteiger partial charge in [-0.15, -0.1) is 0 Å². The Bertz CT molecular complexity index is 815. The number of hydrogen-bond acceptors (Lipinski definition) is 6. The summed E-state index contributed by atoms with van der Waals surface area (Å²) in [4.78, 5) is 44.1. The van der Waals surface area contributed by atoms with E-state index in [2.05, 4.69) is 4.99 Å². The molecule has 2 amide bonds. The van der Waals surface area contributed by atoms with Gasteiger partial charge in [0.15, 0.2) is 5.54 Å². The van der Waals surface area contributed by atoms with E-state index < -0.39 is 35.6 Å². The zero-order chi connectivity index (χ0) is 22.5. The molecule has 164 valence electrons. The maximum atomic E-state index is 13.2. The van der Waals surface area contributed by atoms with Crippen LogP contribution in [0.15, 0.2) is 29.3 Å². The van der Waals surface area contributed by atoms with Crippen molar-refractivity contribution in [3.05, 3.63) is 35.4 Å². The van der Waals surface area contributed by atoms with Crippen LogP contribution in [0.5, 0.6) is 0 Å². The molecule has 1 atom stereocenters. The number of fused-ring (bicyclic) bond motifs is 1. The molecule has 0 saturated carbocycles. The fraction of sp³-hybridized carbons (Fsp3) is 0.524. The van der Waals surface area contributed by atoms with Crippen molar-refractivity contribution in [1.29, 1.82) is 0 Å². The molecule has 30 heavy (non-hydrogen) atoms. The maximum absolute atomic E-state index is 13.2. The number of nitrogens with zero attached hydrogens (tertiary/aromatic N) is 2. The molecule has 0 spiro atoms. The lowest BCUT2D eigenvalue weighted by Crippen LogP contribution is -2.62. The second kappa shape index (κ2) is 9.34. The van der Waals surface area contributed by atoms with Crippen LogP contribution in [0.1, 0.15) is 60.7 Å². The summed E-state index contributed by atoms with van der Waals surface area (Å²) in [6, 6.07) is 6.39. The summed E-state index contributed by atoms with van der Waals surface area (Å²) in [6.45, 7) is 4.23. The number of amides is 2. The molecule has 8 nitrogen and oxygen atoms in total. The van der Waals surface area contributed by atoms with Gasteiger partial charge in [-0.25, -0.2) is 9.18 Å². The topological polar surface area (TPSA) is 128 Å². The molecular formula is C21H29FN4O4. The number of carbonyl (C=O) groups is 3. The van der Waals surface area contributed by atoms with Gasteiger partial charge in [-0.1, -0.05) is 12.1 Å². The summed E-state index contributed by atoms with van der Waals surface area (Å²) in [5.74, 6) is -2.00. The standard InChI is InChI=1S/C21H29FN4O4/c1-20(2,3)30-19(29)21(13-23,10-6-7-11-25-16(24)12-22)26-17(27)14-8-4-5-9-15(14)18(26)28/h4-5,8-9H,6-7,10-13,23H2,1-3H3,(H2,24,25). The molecule has 1 aliphatic heterocycles. The molecule has 0 aromatic heterocycles. The Morgan fingerprint density at radius 2 is 1.70 bits per heavy atom. The number of rotatable bonds is 9. The van der Waals surface area contributed by atoms with Gasteiger partial charge in [0.1, 0.15) is 18.1 Å². The Kier molecular flexibility index (Phi) is 7.30. The van der Waals surface area contributed by atoms with Crippen molar-refractivity contribution in [1.82, 2.24) is 4.90 Å². The first-order chi connectivity index (χ1) is 14.1. The van der Waals surface area contributed by atoms with Crippen molar-refractivity contribution in [3.8, 4) is 0 Å². The van der Waals surface area contributed by atoms with Crippen LogP contribution in [0.2, 0.25) is 0 Å². The van der Waals surface area contributed by atoms with Crippen LogP contribution >= 0.6 is 0 Å². The minimum Gasteiger partial charge on any atom is -0.458 e. The molecule has 1 unspecified atom stereocenters. The van der Waals surface area contributed by atoms with Crippen LogP contribution in [0, 0.1) is 0 Å². The Morgan fingerprint density at radius 3 is 2.17 bits per heavy atom. The van der Waals surface area contributed by atoms with E-state index in [9.17, 15) is 18.8 Å². The fourth-order valence-electron chi connectivity index (χ4n) is 3.33. The Morgan fingerprint density at radius 1 is 1.13 bits per heavy atom. The van der Waals surface area contributed by atoms with Crippen molar-refractivity contribution in [3.63, 3.8) is 0 Å². The highest BCUT2D eigenvalue weighted by Gasteiger charge is 2.54. The molecule has 0 aliphatic carbocycles. The van der Waals surface area contributed by atoms with Gasteiger partial charge >= 0.3 is 5.97 Å². The average molecular weight is 420 g/mol. The van der Waals surface area contributed by atoms with E-state index in [4.69, 9.17) is 16.2 Å². The molecule has 0 radical (unpaired) electrons. The van der Waals surface area contributed by atoms with Crippen LogP contribution in [0.25, 0.3) is 0 Å². The minimum atomic E-state index is -1.66. The summed E-state index contributed by atoms with van der Waals surface area (Å²) in [5.41, 5.74) is 9.32. The first-order valence-electron chi connectivity index (χ1n) is 9.83. The smallest absolute Gasteiger partial charge is 0.334 e. The van der Waals surface area contributed by atoms with Crippen LogP contribution in [0.3, 0.4) is 0 Å². The Hall–Kier alpha value is -2.81. The summed E-state index contributed by atoms with van der Waals surface area (Å²) < 4.78 is 18.0. The third-order valence-corrected chi connectivity index (χ3v) is 4.79. The highest BCUT2D eigenvalue weighted by molar-refractivity contribution is 6.23. The van der Waals surface area contributed by atoms with E-state index in [0.29, 0.717) is 12.8 Å². The van der Waals surface area contributed by atoms with Crippen molar-refractivity contribution in [2.45, 2.75) is 51.2 Å². The normalized spacial score (nSPS) is 16.4. The molecule has 0 fully saturated rings. The molecule has 0 bridgehead atoms. The fourth-order valence-corrected chi connectivity index (χ4v) is 3.33. The summed E-state index contributed by atoms with van der Waals surface area (Å²) in [6.07, 6.45) is 0.955. The highest BCUT2D eigenvalue weighted by Crippen LogP contribution is 2.34. The lowest BCUT2D eigenvalue weighted by Gasteiger charge is -2.39. The highest BCUT2D eigenvalue weighted by atomic mass is 19.1. The van der Waals surface area contributed by atoms with Crippen molar-refractivity contribution < 1.29 is 23.5 Å². The van der Waals surface area contributed by atoms with E-state index in [1.807, 2.05) is 0 Å². The van der Waals surface area contributed by atoms with E-state index in [1.165, 1.54) is 0 Å². The second-order valence-corrected chi connectivity index (χ2v) is 8.19. The van der Waals surface area contributed by atoms with E-state index >= 15 is 0 Å². The number of halogens is 1. The number of imide groups is 1. The monoisotopic (exact) mass is 420 g/mol. The molecule has 4 N–H and O–H groups in total. The minimum absolute atomic E-state index is 0.0922. The first kappa shape index (κ1) is 23.5. The van der Waals surface area contributed by atoms with Gasteiger partial charge in [-0.05, 0) is 52.2 Å². The Labute approximate surface area is 175 Å². The predicted molar refractivity (Wildman–Crippen MR) is 111 cm³/mol.